The van der Waals surface area contributed by atoms with E-state index in [1.807, 2.05) is 4.90 Å². The summed E-state index contributed by atoms with van der Waals surface area (Å²) in [6, 6.07) is 1.49. The fraction of sp³-hybridized carbons (Fsp3) is 0.556. The summed E-state index contributed by atoms with van der Waals surface area (Å²) in [7, 11) is 0. The fourth-order valence-electron chi connectivity index (χ4n) is 3.13. The predicted octanol–water partition coefficient (Wildman–Crippen LogP) is 3.95. The van der Waals surface area contributed by atoms with Gasteiger partial charge in [0.1, 0.15) is 5.60 Å². The van der Waals surface area contributed by atoms with Crippen molar-refractivity contribution in [2.24, 2.45) is 0 Å². The Hall–Kier alpha value is -2.45. The van der Waals surface area contributed by atoms with Gasteiger partial charge in [-0.25, -0.2) is 9.78 Å². The van der Waals surface area contributed by atoms with E-state index in [9.17, 15) is 18.0 Å². The molecule has 0 saturated carbocycles. The number of hydrogen-bond donors (Lipinski definition) is 1. The van der Waals surface area contributed by atoms with Crippen molar-refractivity contribution in [1.82, 2.24) is 14.9 Å². The molecule has 0 unspecified atom stereocenters. The molecule has 0 atom stereocenters. The summed E-state index contributed by atoms with van der Waals surface area (Å²) in [5.74, 6) is 0.468. The lowest BCUT2D eigenvalue weighted by Crippen LogP contribution is -2.50. The number of ether oxygens (including phenoxy) is 1. The summed E-state index contributed by atoms with van der Waals surface area (Å²) in [5.41, 5.74) is -0.319. The van der Waals surface area contributed by atoms with Crippen molar-refractivity contribution in [2.45, 2.75) is 39.5 Å². The van der Waals surface area contributed by atoms with Crippen molar-refractivity contribution in [3.63, 3.8) is 0 Å². The Labute approximate surface area is 155 Å². The molecular weight excluding hydrogens is 361 g/mol. The van der Waals surface area contributed by atoms with Crippen molar-refractivity contribution in [2.75, 3.05) is 31.1 Å². The minimum absolute atomic E-state index is 0.111. The third-order valence-corrected chi connectivity index (χ3v) is 4.32. The second kappa shape index (κ2) is 6.61. The van der Waals surface area contributed by atoms with Crippen LogP contribution in [0.2, 0.25) is 0 Å². The number of halogens is 3. The summed E-state index contributed by atoms with van der Waals surface area (Å²) in [6.07, 6.45) is -3.97. The van der Waals surface area contributed by atoms with E-state index in [0.717, 1.165) is 6.20 Å². The van der Waals surface area contributed by atoms with Gasteiger partial charge in [-0.05, 0) is 33.8 Å². The van der Waals surface area contributed by atoms with E-state index in [-0.39, 0.29) is 11.5 Å². The minimum Gasteiger partial charge on any atom is -0.444 e. The zero-order valence-corrected chi connectivity index (χ0v) is 15.8. The van der Waals surface area contributed by atoms with E-state index in [2.05, 4.69) is 9.97 Å². The topological polar surface area (TPSA) is 61.5 Å². The summed E-state index contributed by atoms with van der Waals surface area (Å²) >= 11 is 0. The average molecular weight is 384 g/mol. The third kappa shape index (κ3) is 4.12. The summed E-state index contributed by atoms with van der Waals surface area (Å²) in [5, 5.41) is 0.111. The number of carbonyl (C=O) groups excluding carboxylic acids is 1. The van der Waals surface area contributed by atoms with Crippen LogP contribution in [0.25, 0.3) is 10.9 Å². The van der Waals surface area contributed by atoms with Crippen LogP contribution >= 0.6 is 0 Å². The number of hydrogen-bond acceptors (Lipinski definition) is 4. The van der Waals surface area contributed by atoms with Crippen LogP contribution in [0, 0.1) is 6.92 Å². The van der Waals surface area contributed by atoms with Gasteiger partial charge in [0.2, 0.25) is 0 Å². The summed E-state index contributed by atoms with van der Waals surface area (Å²) in [4.78, 5) is 22.7. The lowest BCUT2D eigenvalue weighted by atomic mass is 10.1. The Kier molecular flexibility index (Phi) is 4.73. The van der Waals surface area contributed by atoms with Gasteiger partial charge >= 0.3 is 12.3 Å². The molecule has 0 radical (unpaired) electrons. The summed E-state index contributed by atoms with van der Waals surface area (Å²) in [6.45, 7) is 8.88. The second-order valence-electron chi connectivity index (χ2n) is 7.69. The first-order valence-electron chi connectivity index (χ1n) is 8.74. The van der Waals surface area contributed by atoms with Gasteiger partial charge in [-0.15, -0.1) is 0 Å². The van der Waals surface area contributed by atoms with E-state index in [1.54, 1.807) is 32.6 Å². The van der Waals surface area contributed by atoms with Crippen LogP contribution in [0.1, 0.15) is 32.0 Å². The largest absolute Gasteiger partial charge is 0.444 e. The molecule has 1 N–H and O–H groups in total. The first-order valence-corrected chi connectivity index (χ1v) is 8.74. The molecule has 0 aliphatic carbocycles. The van der Waals surface area contributed by atoms with Gasteiger partial charge in [-0.3, -0.25) is 0 Å². The highest BCUT2D eigenvalue weighted by molar-refractivity contribution is 5.92. The molecule has 3 heterocycles. The van der Waals surface area contributed by atoms with Crippen LogP contribution < -0.4 is 4.90 Å². The van der Waals surface area contributed by atoms with Gasteiger partial charge < -0.3 is 19.5 Å². The van der Waals surface area contributed by atoms with E-state index in [1.165, 1.54) is 6.07 Å². The summed E-state index contributed by atoms with van der Waals surface area (Å²) < 4.78 is 45.1. The molecule has 0 spiro atoms. The highest BCUT2D eigenvalue weighted by Gasteiger charge is 2.35. The number of alkyl halides is 3. The lowest BCUT2D eigenvalue weighted by Gasteiger charge is -2.36. The number of rotatable bonds is 1. The Morgan fingerprint density at radius 3 is 2.37 bits per heavy atom. The molecule has 148 valence electrons. The van der Waals surface area contributed by atoms with Crippen LogP contribution in [-0.4, -0.2) is 52.7 Å². The second-order valence-corrected chi connectivity index (χ2v) is 7.69. The van der Waals surface area contributed by atoms with Gasteiger partial charge in [-0.2, -0.15) is 13.2 Å². The van der Waals surface area contributed by atoms with E-state index >= 15 is 0 Å². The molecule has 9 heteroatoms. The van der Waals surface area contributed by atoms with Crippen LogP contribution in [0.3, 0.4) is 0 Å². The maximum atomic E-state index is 13.3. The smallest absolute Gasteiger partial charge is 0.418 e. The number of pyridine rings is 1. The molecule has 1 amide bonds. The van der Waals surface area contributed by atoms with Crippen molar-refractivity contribution in [3.05, 3.63) is 23.5 Å². The Balaban J connectivity index is 1.81. The number of nitrogens with zero attached hydrogens (tertiary/aromatic N) is 3. The molecule has 1 fully saturated rings. The predicted molar refractivity (Wildman–Crippen MR) is 95.9 cm³/mol. The number of aryl methyl sites for hydroxylation is 1. The number of H-pyrrole nitrogens is 1. The quantitative estimate of drug-likeness (QED) is 0.809. The molecule has 1 aliphatic heterocycles. The van der Waals surface area contributed by atoms with Crippen molar-refractivity contribution >= 4 is 22.8 Å². The lowest BCUT2D eigenvalue weighted by molar-refractivity contribution is -0.136. The molecule has 2 aromatic rings. The molecule has 3 rings (SSSR count). The van der Waals surface area contributed by atoms with Crippen LogP contribution in [-0.2, 0) is 10.9 Å². The molecule has 1 aliphatic rings. The van der Waals surface area contributed by atoms with Gasteiger partial charge in [-0.1, -0.05) is 0 Å². The van der Waals surface area contributed by atoms with Crippen LogP contribution in [0.15, 0.2) is 12.3 Å². The number of aromatic amines is 1. The number of fused-ring (bicyclic) bond motifs is 1. The molecule has 0 aromatic carbocycles. The van der Waals surface area contributed by atoms with Crippen molar-refractivity contribution < 1.29 is 22.7 Å². The zero-order chi connectivity index (χ0) is 20.0. The average Bonchev–Trinajstić information content (AvgIpc) is 2.92. The molecule has 27 heavy (non-hydrogen) atoms. The highest BCUT2D eigenvalue weighted by atomic mass is 19.4. The zero-order valence-electron chi connectivity index (χ0n) is 15.8. The Bertz CT molecular complexity index is 847. The fourth-order valence-corrected chi connectivity index (χ4v) is 3.13. The van der Waals surface area contributed by atoms with Crippen molar-refractivity contribution in [3.8, 4) is 0 Å². The number of carbonyl (C=O) groups is 1. The number of nitrogens with one attached hydrogen (secondary N) is 1. The normalized spacial score (nSPS) is 16.1. The van der Waals surface area contributed by atoms with Gasteiger partial charge in [0.25, 0.3) is 0 Å². The van der Waals surface area contributed by atoms with E-state index in [4.69, 9.17) is 4.74 Å². The first kappa shape index (κ1) is 19.3. The van der Waals surface area contributed by atoms with Gasteiger partial charge in [0.05, 0.1) is 11.1 Å². The molecular formula is C18H23F3N4O2. The highest BCUT2D eigenvalue weighted by Crippen LogP contribution is 2.37. The van der Waals surface area contributed by atoms with Gasteiger partial charge in [0.15, 0.2) is 5.82 Å². The molecule has 0 bridgehead atoms. The van der Waals surface area contributed by atoms with Crippen LogP contribution in [0.4, 0.5) is 23.8 Å². The van der Waals surface area contributed by atoms with E-state index < -0.39 is 17.3 Å². The maximum Gasteiger partial charge on any atom is 0.418 e. The molecule has 1 saturated heterocycles. The molecule has 2 aromatic heterocycles. The minimum atomic E-state index is -4.46. The number of aromatic nitrogens is 2. The monoisotopic (exact) mass is 384 g/mol. The number of piperazine rings is 1. The van der Waals surface area contributed by atoms with Gasteiger partial charge in [0, 0.05) is 43.5 Å². The SMILES string of the molecule is Cc1cc2c(C(F)(F)F)cnc(N3CCN(C(=O)OC(C)(C)C)CC3)c2[nH]1. The number of amides is 1. The van der Waals surface area contributed by atoms with Crippen LogP contribution in [0.5, 0.6) is 0 Å². The standard InChI is InChI=1S/C18H23F3N4O2/c1-11-9-12-13(18(19,20)21)10-22-15(14(12)23-11)24-5-7-25(8-6-24)16(26)27-17(2,3)4/h9-10,23H,5-8H2,1-4H3. The number of anilines is 1. The van der Waals surface area contributed by atoms with E-state index in [0.29, 0.717) is 43.2 Å². The Morgan fingerprint density at radius 2 is 1.81 bits per heavy atom. The first-order chi connectivity index (χ1) is 12.5. The van der Waals surface area contributed by atoms with Crippen molar-refractivity contribution in [1.29, 1.82) is 0 Å². The molecule has 6 nitrogen and oxygen atoms in total. The maximum absolute atomic E-state index is 13.3. The third-order valence-electron chi connectivity index (χ3n) is 4.32. The Morgan fingerprint density at radius 1 is 1.19 bits per heavy atom.